The molecule has 0 aromatic carbocycles. The van der Waals surface area contributed by atoms with Gasteiger partial charge in [0.2, 0.25) is 0 Å². The van der Waals surface area contributed by atoms with Crippen LogP contribution in [-0.2, 0) is 19.2 Å². The molecule has 0 heterocycles. The van der Waals surface area contributed by atoms with E-state index in [2.05, 4.69) is 4.74 Å². The van der Waals surface area contributed by atoms with Gasteiger partial charge in [0.15, 0.2) is 0 Å². The van der Waals surface area contributed by atoms with E-state index in [0.717, 1.165) is 6.42 Å². The highest BCUT2D eigenvalue weighted by molar-refractivity contribution is 5.59. The Bertz CT molecular complexity index is 247. The van der Waals surface area contributed by atoms with Crippen LogP contribution < -0.4 is 0 Å². The molecule has 128 valence electrons. The third-order valence-corrected chi connectivity index (χ3v) is 1.50. The van der Waals surface area contributed by atoms with E-state index in [9.17, 15) is 4.79 Å². The first kappa shape index (κ1) is 22.5. The second-order valence-electron chi connectivity index (χ2n) is 7.19. The maximum Gasteiger partial charge on any atom is 0.508 e. The van der Waals surface area contributed by atoms with Gasteiger partial charge < -0.3 is 9.47 Å². The highest BCUT2D eigenvalue weighted by Gasteiger charge is 2.18. The number of carbonyl (C=O) groups is 1. The summed E-state index contributed by atoms with van der Waals surface area (Å²) in [6.45, 7) is 18.5. The van der Waals surface area contributed by atoms with Crippen molar-refractivity contribution in [2.45, 2.75) is 79.9 Å². The van der Waals surface area contributed by atoms with E-state index in [0.29, 0.717) is 19.1 Å². The Kier molecular flexibility index (Phi) is 11.6. The normalized spacial score (nSPS) is 11.7. The molecule has 0 saturated carbocycles. The van der Waals surface area contributed by atoms with Crippen molar-refractivity contribution in [2.24, 2.45) is 5.92 Å². The van der Waals surface area contributed by atoms with Crippen LogP contribution in [0.3, 0.4) is 0 Å². The zero-order chi connectivity index (χ0) is 17.1. The van der Waals surface area contributed by atoms with Crippen LogP contribution in [0.4, 0.5) is 4.79 Å². The summed E-state index contributed by atoms with van der Waals surface area (Å²) in [5.74, 6) is 0.365. The Morgan fingerprint density at radius 3 is 1.62 bits per heavy atom. The molecule has 0 aromatic heterocycles. The lowest BCUT2D eigenvalue weighted by Crippen LogP contribution is -2.27. The second-order valence-corrected chi connectivity index (χ2v) is 7.19. The third-order valence-electron chi connectivity index (χ3n) is 1.50. The maximum atomic E-state index is 10.7. The zero-order valence-corrected chi connectivity index (χ0v) is 15.2. The first-order chi connectivity index (χ1) is 9.37. The first-order valence-electron chi connectivity index (χ1n) is 7.53. The van der Waals surface area contributed by atoms with Crippen LogP contribution in [0.5, 0.6) is 0 Å². The summed E-state index contributed by atoms with van der Waals surface area (Å²) in [5, 5.41) is 0. The quantitative estimate of drug-likeness (QED) is 0.417. The van der Waals surface area contributed by atoms with Crippen molar-refractivity contribution in [2.75, 3.05) is 13.2 Å². The van der Waals surface area contributed by atoms with Gasteiger partial charge in [-0.1, -0.05) is 20.8 Å². The molecule has 0 atom stereocenters. The summed E-state index contributed by atoms with van der Waals surface area (Å²) in [7, 11) is 0. The van der Waals surface area contributed by atoms with E-state index < -0.39 is 6.16 Å². The summed E-state index contributed by atoms with van der Waals surface area (Å²) < 4.78 is 9.42. The van der Waals surface area contributed by atoms with E-state index in [4.69, 9.17) is 14.5 Å². The number of rotatable bonds is 5. The van der Waals surface area contributed by atoms with Crippen molar-refractivity contribution >= 4 is 6.16 Å². The monoisotopic (exact) mass is 306 g/mol. The highest BCUT2D eigenvalue weighted by atomic mass is 17.2. The smallest absolute Gasteiger partial charge is 0.434 e. The number of hydrogen-bond acceptors (Lipinski definition) is 5. The Morgan fingerprint density at radius 1 is 0.905 bits per heavy atom. The molecule has 0 unspecified atom stereocenters. The van der Waals surface area contributed by atoms with E-state index in [1.807, 2.05) is 62.3 Å². The molecule has 0 fully saturated rings. The van der Waals surface area contributed by atoms with Gasteiger partial charge in [-0.3, -0.25) is 0 Å². The average Bonchev–Trinajstić information content (AvgIpc) is 2.30. The highest BCUT2D eigenvalue weighted by Crippen LogP contribution is 2.14. The third kappa shape index (κ3) is 24.6. The van der Waals surface area contributed by atoms with E-state index in [-0.39, 0.29) is 11.2 Å². The SMILES string of the molecule is CC(C)(C)OOC(C)(C)C.CCCOC(=O)OCC(C)C. The Labute approximate surface area is 130 Å². The van der Waals surface area contributed by atoms with E-state index in [1.54, 1.807) is 0 Å². The van der Waals surface area contributed by atoms with Crippen LogP contribution in [0.1, 0.15) is 68.7 Å². The molecule has 5 heteroatoms. The van der Waals surface area contributed by atoms with Gasteiger partial charge in [-0.05, 0) is 53.9 Å². The Morgan fingerprint density at radius 2 is 1.33 bits per heavy atom. The molecular weight excluding hydrogens is 272 g/mol. The zero-order valence-electron chi connectivity index (χ0n) is 15.2. The number of hydrogen-bond donors (Lipinski definition) is 0. The molecule has 0 saturated heterocycles. The summed E-state index contributed by atoms with van der Waals surface area (Å²) >= 11 is 0. The molecule has 0 aromatic rings. The van der Waals surface area contributed by atoms with E-state index in [1.165, 1.54) is 0 Å². The molecule has 21 heavy (non-hydrogen) atoms. The van der Waals surface area contributed by atoms with Gasteiger partial charge in [0.25, 0.3) is 0 Å². The fourth-order valence-electron chi connectivity index (χ4n) is 0.712. The molecule has 0 radical (unpaired) electrons. The summed E-state index contributed by atoms with van der Waals surface area (Å²) in [4.78, 5) is 20.8. The van der Waals surface area contributed by atoms with Crippen LogP contribution >= 0.6 is 0 Å². The van der Waals surface area contributed by atoms with Crippen LogP contribution in [0.25, 0.3) is 0 Å². The van der Waals surface area contributed by atoms with Gasteiger partial charge in [-0.2, -0.15) is 0 Å². The lowest BCUT2D eigenvalue weighted by atomic mass is 10.2. The van der Waals surface area contributed by atoms with Crippen LogP contribution in [0, 0.1) is 5.92 Å². The molecular formula is C16H34O5. The predicted octanol–water partition coefficient (Wildman–Crippen LogP) is 4.74. The number of ether oxygens (including phenoxy) is 2. The summed E-state index contributed by atoms with van der Waals surface area (Å²) in [5.41, 5.74) is -0.430. The number of carbonyl (C=O) groups excluding carboxylic acids is 1. The fourth-order valence-corrected chi connectivity index (χ4v) is 0.712. The molecule has 0 N–H and O–H groups in total. The summed E-state index contributed by atoms with van der Waals surface area (Å²) in [6, 6.07) is 0. The van der Waals surface area contributed by atoms with Gasteiger partial charge >= 0.3 is 6.16 Å². The van der Waals surface area contributed by atoms with Crippen molar-refractivity contribution < 1.29 is 24.0 Å². The van der Waals surface area contributed by atoms with Crippen LogP contribution in [0.15, 0.2) is 0 Å². The van der Waals surface area contributed by atoms with Gasteiger partial charge in [-0.25, -0.2) is 14.6 Å². The lowest BCUT2D eigenvalue weighted by molar-refractivity contribution is -0.393. The summed E-state index contributed by atoms with van der Waals surface area (Å²) in [6.07, 6.45) is 0.275. The van der Waals surface area contributed by atoms with Gasteiger partial charge in [0.05, 0.1) is 24.4 Å². The first-order valence-corrected chi connectivity index (χ1v) is 7.53. The topological polar surface area (TPSA) is 54.0 Å². The molecule has 0 bridgehead atoms. The molecule has 0 aliphatic rings. The minimum atomic E-state index is -0.555. The minimum absolute atomic E-state index is 0.215. The van der Waals surface area contributed by atoms with Gasteiger partial charge in [0, 0.05) is 0 Å². The molecule has 0 spiro atoms. The van der Waals surface area contributed by atoms with Crippen molar-refractivity contribution in [3.05, 3.63) is 0 Å². The molecule has 0 aliphatic carbocycles. The largest absolute Gasteiger partial charge is 0.508 e. The van der Waals surface area contributed by atoms with Crippen molar-refractivity contribution in [3.63, 3.8) is 0 Å². The second kappa shape index (κ2) is 10.9. The fraction of sp³-hybridized carbons (Fsp3) is 0.938. The average molecular weight is 306 g/mol. The molecule has 0 rings (SSSR count). The van der Waals surface area contributed by atoms with Crippen molar-refractivity contribution in [3.8, 4) is 0 Å². The lowest BCUT2D eigenvalue weighted by Gasteiger charge is -2.24. The van der Waals surface area contributed by atoms with Gasteiger partial charge in [-0.15, -0.1) is 0 Å². The maximum absolute atomic E-state index is 10.7. The molecule has 0 aliphatic heterocycles. The standard InChI is InChI=1S/C8H16O3.C8H18O2/c1-4-5-10-8(9)11-6-7(2)3;1-7(2,3)9-10-8(4,5)6/h7H,4-6H2,1-3H3;1-6H3. The van der Waals surface area contributed by atoms with Gasteiger partial charge in [0.1, 0.15) is 0 Å². The Balaban J connectivity index is 0. The minimum Gasteiger partial charge on any atom is -0.434 e. The van der Waals surface area contributed by atoms with Crippen molar-refractivity contribution in [1.82, 2.24) is 0 Å². The van der Waals surface area contributed by atoms with Crippen LogP contribution in [-0.4, -0.2) is 30.6 Å². The Hall–Kier alpha value is -0.810. The van der Waals surface area contributed by atoms with E-state index >= 15 is 0 Å². The van der Waals surface area contributed by atoms with Crippen LogP contribution in [0.2, 0.25) is 0 Å². The van der Waals surface area contributed by atoms with Crippen molar-refractivity contribution in [1.29, 1.82) is 0 Å². The predicted molar refractivity (Wildman–Crippen MR) is 84.1 cm³/mol. The molecule has 5 nitrogen and oxygen atoms in total. The molecule has 0 amide bonds.